The smallest absolute Gasteiger partial charge is 0.418 e. The van der Waals surface area contributed by atoms with E-state index in [4.69, 9.17) is 0 Å². The van der Waals surface area contributed by atoms with E-state index < -0.39 is 23.4 Å². The Balaban J connectivity index is 0.00000101. The van der Waals surface area contributed by atoms with Crippen LogP contribution in [0.15, 0.2) is 146 Å². The second-order valence-corrected chi connectivity index (χ2v) is 20.0. The van der Waals surface area contributed by atoms with E-state index in [1.807, 2.05) is 0 Å². The first kappa shape index (κ1) is 46.6. The molecule has 0 unspecified atom stereocenters. The van der Waals surface area contributed by atoms with Gasteiger partial charge in [-0.3, -0.25) is 0 Å². The van der Waals surface area contributed by atoms with Gasteiger partial charge in [-0.25, -0.2) is 0 Å². The van der Waals surface area contributed by atoms with Crippen LogP contribution in [0.2, 0.25) is 0 Å². The molecule has 0 heterocycles. The van der Waals surface area contributed by atoms with Gasteiger partial charge in [0.05, 0.1) is 16.1 Å². The molecule has 0 aliphatic carbocycles. The molecule has 2 N–H and O–H groups in total. The van der Waals surface area contributed by atoms with Crippen molar-refractivity contribution in [3.05, 3.63) is 190 Å². The Kier molecular flexibility index (Phi) is 14.8. The summed E-state index contributed by atoms with van der Waals surface area (Å²) in [5.74, 6) is 0. The minimum atomic E-state index is -6.00. The quantitative estimate of drug-likeness (QED) is 0.0856. The SMILES string of the molecule is Cc1cc(C)cc(P(Nc2ccc3ccccc3c2-c2c(NP(c3cc(C)cc(C)c3)c3cc(C)cc(C)c3)ccc3ccccc23)c2cc(C)cc(C)c2)c1.F[B-](F)(F)F.[Rh]. The van der Waals surface area contributed by atoms with Crippen LogP contribution in [0.25, 0.3) is 32.7 Å². The average Bonchev–Trinajstić information content (AvgIpc) is 3.16. The van der Waals surface area contributed by atoms with Crippen molar-refractivity contribution in [1.29, 1.82) is 0 Å². The van der Waals surface area contributed by atoms with Crippen LogP contribution in [0, 0.1) is 55.4 Å². The van der Waals surface area contributed by atoms with Gasteiger partial charge in [-0.2, -0.15) is 0 Å². The van der Waals surface area contributed by atoms with Crippen molar-refractivity contribution < 1.29 is 36.7 Å². The number of anilines is 2. The van der Waals surface area contributed by atoms with E-state index in [1.54, 1.807) is 0 Å². The number of hydrogen-bond acceptors (Lipinski definition) is 2. The minimum absolute atomic E-state index is 0. The van der Waals surface area contributed by atoms with Gasteiger partial charge in [-0.1, -0.05) is 129 Å². The van der Waals surface area contributed by atoms with Gasteiger partial charge in [0.15, 0.2) is 0 Å². The van der Waals surface area contributed by atoms with Crippen LogP contribution in [0.3, 0.4) is 0 Å². The van der Waals surface area contributed by atoms with Crippen molar-refractivity contribution in [2.75, 3.05) is 10.2 Å². The Morgan fingerprint density at radius 1 is 0.355 bits per heavy atom. The molecular weight excluding hydrogens is 904 g/mol. The number of benzene rings is 8. The number of halogens is 4. The van der Waals surface area contributed by atoms with E-state index in [0.29, 0.717) is 0 Å². The fourth-order valence-corrected chi connectivity index (χ4v) is 13.0. The standard InChI is InChI=1S/C52H50N2P2.BF4.Rh/c1-33-21-34(2)26-43(25-33)55(44-27-35(3)22-36(4)28-44)53-49-19-17-41-13-9-11-15-47(41)51(49)52-48-16-12-10-14-42(48)18-20-50(52)54-56(45-29-37(5)23-38(6)30-45)46-31-39(7)24-40(8)32-46;2-1(3,4)5;/h9-32,53-54H,1-8H3;;/q;-1;. The van der Waals surface area contributed by atoms with Crippen LogP contribution in [0.4, 0.5) is 28.6 Å². The zero-order chi connectivity index (χ0) is 43.6. The van der Waals surface area contributed by atoms with Crippen molar-refractivity contribution in [3.8, 4) is 11.1 Å². The molecule has 0 amide bonds. The summed E-state index contributed by atoms with van der Waals surface area (Å²) >= 11 is 0. The predicted octanol–water partition coefficient (Wildman–Crippen LogP) is 14.3. The van der Waals surface area contributed by atoms with Crippen molar-refractivity contribution in [2.24, 2.45) is 0 Å². The molecule has 0 aromatic heterocycles. The molecule has 8 aromatic rings. The summed E-state index contributed by atoms with van der Waals surface area (Å²) in [6, 6.07) is 55.0. The molecule has 0 aliphatic rings. The summed E-state index contributed by atoms with van der Waals surface area (Å²) in [6.07, 6.45) is 0. The third-order valence-corrected chi connectivity index (χ3v) is 14.5. The molecule has 8 aromatic carbocycles. The monoisotopic (exact) mass is 954 g/mol. The van der Waals surface area contributed by atoms with Crippen molar-refractivity contribution in [1.82, 2.24) is 0 Å². The van der Waals surface area contributed by atoms with Gasteiger partial charge in [-0.15, -0.1) is 0 Å². The minimum Gasteiger partial charge on any atom is -0.418 e. The molecule has 2 nitrogen and oxygen atoms in total. The first-order valence-electron chi connectivity index (χ1n) is 20.4. The third kappa shape index (κ3) is 11.4. The van der Waals surface area contributed by atoms with Crippen LogP contribution in [-0.2, 0) is 19.5 Å². The van der Waals surface area contributed by atoms with Crippen LogP contribution >= 0.6 is 16.1 Å². The summed E-state index contributed by atoms with van der Waals surface area (Å²) < 4.78 is 39.0. The molecule has 62 heavy (non-hydrogen) atoms. The van der Waals surface area contributed by atoms with Gasteiger partial charge in [-0.05, 0) is 138 Å². The Labute approximate surface area is 379 Å². The fourth-order valence-electron chi connectivity index (χ4n) is 8.38. The Bertz CT molecular complexity index is 2520. The summed E-state index contributed by atoms with van der Waals surface area (Å²) in [6.45, 7) is 17.7. The summed E-state index contributed by atoms with van der Waals surface area (Å²) in [4.78, 5) is 0. The number of fused-ring (bicyclic) bond motifs is 2. The molecule has 0 fully saturated rings. The maximum absolute atomic E-state index is 9.75. The maximum Gasteiger partial charge on any atom is 0.673 e. The van der Waals surface area contributed by atoms with E-state index in [9.17, 15) is 17.3 Å². The molecule has 0 saturated carbocycles. The largest absolute Gasteiger partial charge is 0.673 e. The molecule has 0 spiro atoms. The number of rotatable bonds is 9. The molecular formula is C52H50BF4N2P2Rh-. The number of aryl methyl sites for hydroxylation is 8. The first-order valence-corrected chi connectivity index (χ1v) is 23.1. The number of hydrogen-bond donors (Lipinski definition) is 2. The van der Waals surface area contributed by atoms with Crippen LogP contribution in [0.1, 0.15) is 44.5 Å². The Morgan fingerprint density at radius 2 is 0.597 bits per heavy atom. The van der Waals surface area contributed by atoms with Crippen molar-refractivity contribution in [2.45, 2.75) is 55.4 Å². The molecule has 0 saturated heterocycles. The summed E-state index contributed by atoms with van der Waals surface area (Å²) in [7, 11) is -7.95. The van der Waals surface area contributed by atoms with Gasteiger partial charge in [0, 0.05) is 63.2 Å². The van der Waals surface area contributed by atoms with Gasteiger partial charge in [0.1, 0.15) is 0 Å². The van der Waals surface area contributed by atoms with E-state index in [2.05, 4.69) is 211 Å². The van der Waals surface area contributed by atoms with Gasteiger partial charge < -0.3 is 27.4 Å². The fraction of sp³-hybridized carbons (Fsp3) is 0.154. The zero-order valence-corrected chi connectivity index (χ0v) is 39.6. The third-order valence-electron chi connectivity index (χ3n) is 10.4. The van der Waals surface area contributed by atoms with Crippen LogP contribution in [-0.4, -0.2) is 7.25 Å². The van der Waals surface area contributed by atoms with Crippen LogP contribution < -0.4 is 31.4 Å². The van der Waals surface area contributed by atoms with Gasteiger partial charge in [0.25, 0.3) is 0 Å². The molecule has 10 heteroatoms. The predicted molar refractivity (Wildman–Crippen MR) is 260 cm³/mol. The Morgan fingerprint density at radius 3 is 0.855 bits per heavy atom. The van der Waals surface area contributed by atoms with E-state index in [1.165, 1.54) is 98.4 Å². The van der Waals surface area contributed by atoms with Gasteiger partial charge in [0.2, 0.25) is 0 Å². The normalized spacial score (nSPS) is 11.4. The second-order valence-electron chi connectivity index (χ2n) is 16.2. The molecule has 0 atom stereocenters. The summed E-state index contributed by atoms with van der Waals surface area (Å²) in [5.41, 5.74) is 15.0. The molecule has 319 valence electrons. The zero-order valence-electron chi connectivity index (χ0n) is 36.2. The topological polar surface area (TPSA) is 24.1 Å². The average molecular weight is 955 g/mol. The van der Waals surface area contributed by atoms with E-state index >= 15 is 0 Å². The summed E-state index contributed by atoms with van der Waals surface area (Å²) in [5, 5.41) is 18.7. The van der Waals surface area contributed by atoms with E-state index in [-0.39, 0.29) is 19.5 Å². The van der Waals surface area contributed by atoms with E-state index in [0.717, 1.165) is 11.4 Å². The van der Waals surface area contributed by atoms with Crippen molar-refractivity contribution in [3.63, 3.8) is 0 Å². The second kappa shape index (κ2) is 19.7. The van der Waals surface area contributed by atoms with Crippen molar-refractivity contribution >= 4 is 77.5 Å². The Hall–Kier alpha value is -4.85. The molecule has 0 aliphatic heterocycles. The van der Waals surface area contributed by atoms with Gasteiger partial charge >= 0.3 is 7.25 Å². The van der Waals surface area contributed by atoms with Crippen LogP contribution in [0.5, 0.6) is 0 Å². The first-order chi connectivity index (χ1) is 29.0. The number of nitrogens with one attached hydrogen (secondary N) is 2. The molecule has 8 rings (SSSR count). The molecule has 0 bridgehead atoms. The maximum atomic E-state index is 9.75. The molecule has 1 radical (unpaired) electrons.